The van der Waals surface area contributed by atoms with E-state index in [-0.39, 0.29) is 58.0 Å². The second kappa shape index (κ2) is 9.87. The third-order valence-electron chi connectivity index (χ3n) is 5.65. The van der Waals surface area contributed by atoms with Gasteiger partial charge in [-0.15, -0.1) is 0 Å². The fourth-order valence-electron chi connectivity index (χ4n) is 3.98. The van der Waals surface area contributed by atoms with E-state index in [1.165, 1.54) is 56.7 Å². The van der Waals surface area contributed by atoms with Crippen molar-refractivity contribution < 1.29 is 49.3 Å². The zero-order valence-electron chi connectivity index (χ0n) is 19.3. The number of carbonyl (C=O) groups excluding carboxylic acids is 1. The number of phenols is 5. The van der Waals surface area contributed by atoms with Gasteiger partial charge in [0.25, 0.3) is 0 Å². The van der Waals surface area contributed by atoms with E-state index in [1.807, 2.05) is 0 Å². The maximum atomic E-state index is 12.7. The molecule has 10 heteroatoms. The number of methoxy groups -OCH3 is 2. The fraction of sp³-hybridized carbons (Fsp3) is 0.192. The lowest BCUT2D eigenvalue weighted by molar-refractivity contribution is -0.149. The van der Waals surface area contributed by atoms with Crippen molar-refractivity contribution in [3.8, 4) is 46.0 Å². The Bertz CT molecular complexity index is 1310. The van der Waals surface area contributed by atoms with Gasteiger partial charge in [0.05, 0.1) is 14.2 Å². The molecule has 0 spiro atoms. The summed E-state index contributed by atoms with van der Waals surface area (Å²) in [4.78, 5) is 12.7. The molecule has 0 unspecified atom stereocenters. The monoisotopic (exact) mass is 496 g/mol. The molecule has 0 aliphatic carbocycles. The van der Waals surface area contributed by atoms with Crippen LogP contribution in [-0.2, 0) is 16.0 Å². The molecule has 1 heterocycles. The van der Waals surface area contributed by atoms with Crippen molar-refractivity contribution in [2.75, 3.05) is 14.2 Å². The highest BCUT2D eigenvalue weighted by Crippen LogP contribution is 2.45. The molecule has 3 aromatic rings. The molecule has 0 saturated heterocycles. The molecule has 188 valence electrons. The lowest BCUT2D eigenvalue weighted by Gasteiger charge is -2.33. The van der Waals surface area contributed by atoms with Crippen LogP contribution in [-0.4, -0.2) is 51.8 Å². The van der Waals surface area contributed by atoms with Crippen LogP contribution in [0.2, 0.25) is 0 Å². The lowest BCUT2D eigenvalue weighted by Crippen LogP contribution is -2.34. The van der Waals surface area contributed by atoms with Crippen molar-refractivity contribution in [3.05, 3.63) is 65.2 Å². The Morgan fingerprint density at radius 3 is 2.31 bits per heavy atom. The van der Waals surface area contributed by atoms with Crippen LogP contribution in [0.3, 0.4) is 0 Å². The Kier molecular flexibility index (Phi) is 6.69. The van der Waals surface area contributed by atoms with E-state index in [2.05, 4.69) is 0 Å². The number of phenolic OH excluding ortho intramolecular Hbond substituents is 5. The highest BCUT2D eigenvalue weighted by Gasteiger charge is 2.36. The Balaban J connectivity index is 1.64. The van der Waals surface area contributed by atoms with E-state index >= 15 is 0 Å². The van der Waals surface area contributed by atoms with Gasteiger partial charge in [-0.2, -0.15) is 0 Å². The molecule has 2 atom stereocenters. The van der Waals surface area contributed by atoms with Crippen LogP contribution in [0.15, 0.2) is 48.5 Å². The van der Waals surface area contributed by atoms with Crippen LogP contribution in [0.4, 0.5) is 0 Å². The number of carbonyl (C=O) groups is 1. The summed E-state index contributed by atoms with van der Waals surface area (Å²) in [6, 6.07) is 9.60. The minimum absolute atomic E-state index is 0.0201. The van der Waals surface area contributed by atoms with Crippen LogP contribution >= 0.6 is 0 Å². The molecule has 0 fully saturated rings. The molecule has 4 rings (SSSR count). The van der Waals surface area contributed by atoms with Crippen molar-refractivity contribution in [3.63, 3.8) is 0 Å². The number of hydrogen-bond donors (Lipinski definition) is 5. The van der Waals surface area contributed by atoms with Crippen molar-refractivity contribution in [2.45, 2.75) is 18.6 Å². The normalized spacial score (nSPS) is 16.7. The number of esters is 1. The Labute approximate surface area is 205 Å². The molecule has 1 aliphatic heterocycles. The van der Waals surface area contributed by atoms with Gasteiger partial charge in [0.1, 0.15) is 23.4 Å². The maximum absolute atomic E-state index is 12.7. The molecule has 3 aromatic carbocycles. The van der Waals surface area contributed by atoms with Gasteiger partial charge in [0.15, 0.2) is 29.1 Å². The zero-order chi connectivity index (χ0) is 26.0. The molecule has 0 saturated carbocycles. The van der Waals surface area contributed by atoms with E-state index in [4.69, 9.17) is 18.9 Å². The Morgan fingerprint density at radius 2 is 1.64 bits per heavy atom. The summed E-state index contributed by atoms with van der Waals surface area (Å²) in [7, 11) is 2.69. The first-order chi connectivity index (χ1) is 17.2. The number of ether oxygens (including phenoxy) is 4. The predicted octanol–water partition coefficient (Wildman–Crippen LogP) is 3.53. The molecule has 0 radical (unpaired) electrons. The molecular weight excluding hydrogens is 472 g/mol. The molecule has 1 aliphatic rings. The third-order valence-corrected chi connectivity index (χ3v) is 5.65. The summed E-state index contributed by atoms with van der Waals surface area (Å²) in [5.74, 6) is -1.69. The van der Waals surface area contributed by atoms with E-state index in [1.54, 1.807) is 6.07 Å². The first-order valence-electron chi connectivity index (χ1n) is 10.8. The average molecular weight is 496 g/mol. The van der Waals surface area contributed by atoms with Crippen molar-refractivity contribution in [1.29, 1.82) is 0 Å². The lowest BCUT2D eigenvalue weighted by atomic mass is 9.93. The maximum Gasteiger partial charge on any atom is 0.331 e. The molecule has 5 N–H and O–H groups in total. The number of hydrogen-bond acceptors (Lipinski definition) is 10. The zero-order valence-corrected chi connectivity index (χ0v) is 19.3. The van der Waals surface area contributed by atoms with Crippen LogP contribution in [0.5, 0.6) is 46.0 Å². The van der Waals surface area contributed by atoms with Gasteiger partial charge in [-0.1, -0.05) is 6.07 Å². The summed E-state index contributed by atoms with van der Waals surface area (Å²) in [6.45, 7) is 0. The van der Waals surface area contributed by atoms with Crippen molar-refractivity contribution in [2.24, 2.45) is 0 Å². The molecule has 36 heavy (non-hydrogen) atoms. The number of benzene rings is 3. The highest BCUT2D eigenvalue weighted by molar-refractivity contribution is 5.87. The van der Waals surface area contributed by atoms with Gasteiger partial charge in [-0.3, -0.25) is 0 Å². The summed E-state index contributed by atoms with van der Waals surface area (Å²) in [5.41, 5.74) is 1.15. The Hall–Kier alpha value is -4.73. The Morgan fingerprint density at radius 1 is 0.917 bits per heavy atom. The summed E-state index contributed by atoms with van der Waals surface area (Å²) >= 11 is 0. The molecule has 10 nitrogen and oxygen atoms in total. The average Bonchev–Trinajstić information content (AvgIpc) is 2.83. The van der Waals surface area contributed by atoms with Crippen LogP contribution in [0.25, 0.3) is 6.08 Å². The van der Waals surface area contributed by atoms with Crippen LogP contribution in [0.1, 0.15) is 22.8 Å². The van der Waals surface area contributed by atoms with Gasteiger partial charge >= 0.3 is 5.97 Å². The molecule has 0 aromatic heterocycles. The third kappa shape index (κ3) is 4.88. The second-order valence-electron chi connectivity index (χ2n) is 8.02. The van der Waals surface area contributed by atoms with Crippen molar-refractivity contribution >= 4 is 12.0 Å². The molecule has 0 amide bonds. The van der Waals surface area contributed by atoms with Gasteiger partial charge < -0.3 is 44.5 Å². The van der Waals surface area contributed by atoms with Crippen LogP contribution < -0.4 is 14.2 Å². The van der Waals surface area contributed by atoms with E-state index in [0.717, 1.165) is 6.07 Å². The number of fused-ring (bicyclic) bond motifs is 1. The van der Waals surface area contributed by atoms with Gasteiger partial charge in [0.2, 0.25) is 5.75 Å². The quantitative estimate of drug-likeness (QED) is 0.253. The topological polar surface area (TPSA) is 155 Å². The number of rotatable bonds is 6. The van der Waals surface area contributed by atoms with Gasteiger partial charge in [-0.25, -0.2) is 4.79 Å². The standard InChI is InChI=1S/C26H24O10/c1-33-22-7-13(3-5-17(22)28)4-6-24(32)35-23-12-16-18(29)10-15(27)11-21(16)36-25(23)14-8-19(30)26(34-2)20(31)9-14/h3-11,23,25,27-31H,12H2,1-2H3/t23-,25-/m1/s1. The largest absolute Gasteiger partial charge is 0.508 e. The smallest absolute Gasteiger partial charge is 0.331 e. The number of aromatic hydroxyl groups is 5. The van der Waals surface area contributed by atoms with Gasteiger partial charge in [0, 0.05) is 35.8 Å². The fourth-order valence-corrected chi connectivity index (χ4v) is 3.98. The van der Waals surface area contributed by atoms with E-state index in [0.29, 0.717) is 11.1 Å². The van der Waals surface area contributed by atoms with Crippen molar-refractivity contribution in [1.82, 2.24) is 0 Å². The second-order valence-corrected chi connectivity index (χ2v) is 8.02. The van der Waals surface area contributed by atoms with E-state index in [9.17, 15) is 30.3 Å². The molecule has 0 bridgehead atoms. The molecular formula is C26H24O10. The summed E-state index contributed by atoms with van der Waals surface area (Å²) < 4.78 is 21.6. The SMILES string of the molecule is COc1cc(C=CC(=O)O[C@@H]2Cc3c(O)cc(O)cc3O[C@@H]2c2cc(O)c(OC)c(O)c2)ccc1O. The predicted molar refractivity (Wildman–Crippen MR) is 127 cm³/mol. The van der Waals surface area contributed by atoms with E-state index < -0.39 is 18.2 Å². The first-order valence-corrected chi connectivity index (χ1v) is 10.8. The summed E-state index contributed by atoms with van der Waals surface area (Å²) in [5, 5.41) is 50.4. The van der Waals surface area contributed by atoms with Gasteiger partial charge in [-0.05, 0) is 35.9 Å². The minimum atomic E-state index is -1.01. The summed E-state index contributed by atoms with van der Waals surface area (Å²) in [6.07, 6.45) is 0.682. The highest BCUT2D eigenvalue weighted by atomic mass is 16.6. The first kappa shape index (κ1) is 24.4. The minimum Gasteiger partial charge on any atom is -0.508 e. The van der Waals surface area contributed by atoms with Crippen LogP contribution in [0, 0.1) is 0 Å².